The third-order valence-electron chi connectivity index (χ3n) is 4.63. The van der Waals surface area contributed by atoms with Gasteiger partial charge >= 0.3 is 0 Å². The summed E-state index contributed by atoms with van der Waals surface area (Å²) < 4.78 is 29.0. The molecule has 0 spiro atoms. The normalized spacial score (nSPS) is 11.7. The van der Waals surface area contributed by atoms with Gasteiger partial charge in [0.15, 0.2) is 5.75 Å². The van der Waals surface area contributed by atoms with Gasteiger partial charge in [-0.05, 0) is 42.5 Å². The summed E-state index contributed by atoms with van der Waals surface area (Å²) in [4.78, 5) is 12.4. The Labute approximate surface area is 192 Å². The molecule has 7 nitrogen and oxygen atoms in total. The SMILES string of the molecule is O=C(N=Nc1cc(NS(=O)(=O)c2ccccc2)c2ccccc2c1O)c1ccc(Br)cc1. The van der Waals surface area contributed by atoms with E-state index in [1.165, 1.54) is 18.2 Å². The molecule has 4 aromatic carbocycles. The number of anilines is 1. The number of amides is 1. The van der Waals surface area contributed by atoms with Gasteiger partial charge in [0.1, 0.15) is 5.69 Å². The second-order valence-corrected chi connectivity index (χ2v) is 9.37. The summed E-state index contributed by atoms with van der Waals surface area (Å²) in [5.74, 6) is -0.813. The number of nitrogens with zero attached hydrogens (tertiary/aromatic N) is 2. The molecule has 32 heavy (non-hydrogen) atoms. The van der Waals surface area contributed by atoms with Crippen LogP contribution in [0.2, 0.25) is 0 Å². The van der Waals surface area contributed by atoms with Gasteiger partial charge < -0.3 is 5.11 Å². The second-order valence-electron chi connectivity index (χ2n) is 6.77. The number of hydrogen-bond donors (Lipinski definition) is 2. The van der Waals surface area contributed by atoms with E-state index < -0.39 is 15.9 Å². The fourth-order valence-corrected chi connectivity index (χ4v) is 4.41. The average Bonchev–Trinajstić information content (AvgIpc) is 2.81. The highest BCUT2D eigenvalue weighted by Crippen LogP contribution is 2.40. The maximum atomic E-state index is 12.8. The zero-order valence-corrected chi connectivity index (χ0v) is 18.8. The van der Waals surface area contributed by atoms with Crippen LogP contribution in [0.1, 0.15) is 10.4 Å². The number of carbonyl (C=O) groups is 1. The van der Waals surface area contributed by atoms with Crippen molar-refractivity contribution in [2.24, 2.45) is 10.2 Å². The van der Waals surface area contributed by atoms with Crippen molar-refractivity contribution in [2.75, 3.05) is 4.72 Å². The number of phenols is 1. The van der Waals surface area contributed by atoms with Crippen molar-refractivity contribution in [1.29, 1.82) is 0 Å². The Hall–Kier alpha value is -3.56. The number of azo groups is 1. The minimum absolute atomic E-state index is 0.0417. The molecular formula is C23H16BrN3O4S. The molecule has 160 valence electrons. The van der Waals surface area contributed by atoms with Gasteiger partial charge in [-0.1, -0.05) is 58.4 Å². The molecule has 0 aromatic heterocycles. The van der Waals surface area contributed by atoms with E-state index in [4.69, 9.17) is 0 Å². The average molecular weight is 510 g/mol. The van der Waals surface area contributed by atoms with Crippen LogP contribution in [0, 0.1) is 0 Å². The maximum Gasteiger partial charge on any atom is 0.295 e. The van der Waals surface area contributed by atoms with Crippen molar-refractivity contribution in [3.05, 3.63) is 95.0 Å². The number of phenolic OH excluding ortho intramolecular Hbond substituents is 1. The second kappa shape index (κ2) is 8.89. The minimum atomic E-state index is -3.89. The Kier molecular flexibility index (Phi) is 6.02. The first-order valence-electron chi connectivity index (χ1n) is 9.39. The van der Waals surface area contributed by atoms with Crippen molar-refractivity contribution < 1.29 is 18.3 Å². The van der Waals surface area contributed by atoms with E-state index in [9.17, 15) is 18.3 Å². The van der Waals surface area contributed by atoms with Gasteiger partial charge in [0.25, 0.3) is 15.9 Å². The summed E-state index contributed by atoms with van der Waals surface area (Å²) in [5.41, 5.74) is 0.481. The Morgan fingerprint density at radius 2 is 1.50 bits per heavy atom. The number of fused-ring (bicyclic) bond motifs is 1. The third kappa shape index (κ3) is 4.53. The lowest BCUT2D eigenvalue weighted by atomic mass is 10.1. The lowest BCUT2D eigenvalue weighted by molar-refractivity contribution is 0.0995. The number of rotatable bonds is 5. The van der Waals surface area contributed by atoms with Gasteiger partial charge in [-0.3, -0.25) is 9.52 Å². The van der Waals surface area contributed by atoms with Gasteiger partial charge in [-0.2, -0.15) is 0 Å². The summed E-state index contributed by atoms with van der Waals surface area (Å²) in [6.07, 6.45) is 0. The maximum absolute atomic E-state index is 12.8. The molecule has 0 heterocycles. The highest BCUT2D eigenvalue weighted by molar-refractivity contribution is 9.10. The van der Waals surface area contributed by atoms with Crippen LogP contribution in [-0.4, -0.2) is 19.4 Å². The van der Waals surface area contributed by atoms with Gasteiger partial charge in [0.2, 0.25) is 0 Å². The van der Waals surface area contributed by atoms with Crippen LogP contribution in [-0.2, 0) is 10.0 Å². The highest BCUT2D eigenvalue weighted by atomic mass is 79.9. The molecule has 0 saturated carbocycles. The zero-order chi connectivity index (χ0) is 22.7. The number of carbonyl (C=O) groups excluding carboxylic acids is 1. The molecule has 0 radical (unpaired) electrons. The zero-order valence-electron chi connectivity index (χ0n) is 16.4. The van der Waals surface area contributed by atoms with Crippen molar-refractivity contribution in [3.8, 4) is 5.75 Å². The Morgan fingerprint density at radius 3 is 2.19 bits per heavy atom. The number of hydrogen-bond acceptors (Lipinski definition) is 5. The molecule has 4 aromatic rings. The quantitative estimate of drug-likeness (QED) is 0.252. The molecule has 0 atom stereocenters. The van der Waals surface area contributed by atoms with Crippen molar-refractivity contribution in [3.63, 3.8) is 0 Å². The number of sulfonamides is 1. The number of nitrogens with one attached hydrogen (secondary N) is 1. The molecule has 1 amide bonds. The first-order chi connectivity index (χ1) is 15.3. The molecule has 0 bridgehead atoms. The van der Waals surface area contributed by atoms with E-state index in [-0.39, 0.29) is 22.0 Å². The molecule has 9 heteroatoms. The standard InChI is InChI=1S/C23H16BrN3O4S/c24-16-12-10-15(11-13-16)23(29)26-25-21-14-20(18-8-4-5-9-19(18)22(21)28)27-32(30,31)17-6-2-1-3-7-17/h1-14,27-28H. The van der Waals surface area contributed by atoms with Crippen LogP contribution in [0.3, 0.4) is 0 Å². The third-order valence-corrected chi connectivity index (χ3v) is 6.54. The predicted octanol–water partition coefficient (Wildman–Crippen LogP) is 6.03. The van der Waals surface area contributed by atoms with E-state index in [0.29, 0.717) is 16.3 Å². The molecule has 4 rings (SSSR count). The van der Waals surface area contributed by atoms with Gasteiger partial charge in [-0.25, -0.2) is 8.42 Å². The summed E-state index contributed by atoms with van der Waals surface area (Å²) in [7, 11) is -3.89. The van der Waals surface area contributed by atoms with Crippen LogP contribution in [0.4, 0.5) is 11.4 Å². The Morgan fingerprint density at radius 1 is 0.875 bits per heavy atom. The molecule has 0 saturated heterocycles. The number of halogens is 1. The Balaban J connectivity index is 1.75. The monoisotopic (exact) mass is 509 g/mol. The molecule has 2 N–H and O–H groups in total. The summed E-state index contributed by atoms with van der Waals surface area (Å²) >= 11 is 3.30. The van der Waals surface area contributed by atoms with Gasteiger partial charge in [0, 0.05) is 20.8 Å². The molecular weight excluding hydrogens is 494 g/mol. The summed E-state index contributed by atoms with van der Waals surface area (Å²) in [6.45, 7) is 0. The van der Waals surface area contributed by atoms with E-state index in [0.717, 1.165) is 4.47 Å². The smallest absolute Gasteiger partial charge is 0.295 e. The van der Waals surface area contributed by atoms with Crippen molar-refractivity contribution in [1.82, 2.24) is 0 Å². The number of aromatic hydroxyl groups is 1. The van der Waals surface area contributed by atoms with E-state index in [1.54, 1.807) is 66.7 Å². The molecule has 0 fully saturated rings. The van der Waals surface area contributed by atoms with E-state index >= 15 is 0 Å². The molecule has 0 aliphatic rings. The fourth-order valence-electron chi connectivity index (χ4n) is 3.06. The van der Waals surface area contributed by atoms with Crippen LogP contribution in [0.5, 0.6) is 5.75 Å². The highest BCUT2D eigenvalue weighted by Gasteiger charge is 2.18. The lowest BCUT2D eigenvalue weighted by Gasteiger charge is -2.13. The van der Waals surface area contributed by atoms with Crippen LogP contribution in [0.15, 0.2) is 105 Å². The fraction of sp³-hybridized carbons (Fsp3) is 0. The largest absolute Gasteiger partial charge is 0.505 e. The predicted molar refractivity (Wildman–Crippen MR) is 126 cm³/mol. The molecule has 0 unspecified atom stereocenters. The van der Waals surface area contributed by atoms with Gasteiger partial charge in [0.05, 0.1) is 10.6 Å². The summed E-state index contributed by atoms with van der Waals surface area (Å²) in [5, 5.41) is 19.1. The van der Waals surface area contributed by atoms with Crippen LogP contribution in [0.25, 0.3) is 10.8 Å². The van der Waals surface area contributed by atoms with E-state index in [1.807, 2.05) is 0 Å². The van der Waals surface area contributed by atoms with Crippen LogP contribution < -0.4 is 4.72 Å². The Bertz CT molecular complexity index is 1440. The lowest BCUT2D eigenvalue weighted by Crippen LogP contribution is -2.13. The first kappa shape index (κ1) is 21.7. The van der Waals surface area contributed by atoms with E-state index in [2.05, 4.69) is 30.9 Å². The minimum Gasteiger partial charge on any atom is -0.505 e. The van der Waals surface area contributed by atoms with Crippen molar-refractivity contribution >= 4 is 54.0 Å². The molecule has 0 aliphatic carbocycles. The van der Waals surface area contributed by atoms with Gasteiger partial charge in [-0.15, -0.1) is 10.2 Å². The summed E-state index contributed by atoms with van der Waals surface area (Å²) in [6, 6.07) is 22.6. The topological polar surface area (TPSA) is 108 Å². The molecule has 0 aliphatic heterocycles. The first-order valence-corrected chi connectivity index (χ1v) is 11.7. The van der Waals surface area contributed by atoms with Crippen LogP contribution >= 0.6 is 15.9 Å². The van der Waals surface area contributed by atoms with Crippen molar-refractivity contribution in [2.45, 2.75) is 4.90 Å². The number of benzene rings is 4.